The Hall–Kier alpha value is -2.29. The van der Waals surface area contributed by atoms with Gasteiger partial charge in [-0.2, -0.15) is 4.72 Å². The summed E-state index contributed by atoms with van der Waals surface area (Å²) >= 11 is 0. The highest BCUT2D eigenvalue weighted by Gasteiger charge is 2.36. The number of benzene rings is 2. The molecule has 8 heteroatoms. The van der Waals surface area contributed by atoms with Crippen molar-refractivity contribution >= 4 is 15.9 Å². The second kappa shape index (κ2) is 10.8. The lowest BCUT2D eigenvalue weighted by molar-refractivity contribution is -0.123. The molecule has 0 spiro atoms. The second-order valence-corrected chi connectivity index (χ2v) is 11.0. The highest BCUT2D eigenvalue weighted by Crippen LogP contribution is 2.34. The molecule has 180 valence electrons. The third kappa shape index (κ3) is 6.62. The fraction of sp³-hybridized carbons (Fsp3) is 0.480. The van der Waals surface area contributed by atoms with E-state index in [0.29, 0.717) is 32.5 Å². The van der Waals surface area contributed by atoms with Crippen LogP contribution in [0.4, 0.5) is 4.39 Å². The van der Waals surface area contributed by atoms with Crippen molar-refractivity contribution in [2.24, 2.45) is 5.92 Å². The monoisotopic (exact) mass is 476 g/mol. The summed E-state index contributed by atoms with van der Waals surface area (Å²) in [7, 11) is -3.86. The summed E-state index contributed by atoms with van der Waals surface area (Å²) < 4.78 is 47.9. The SMILES string of the molecule is Cc1ccc(S(=O)(=O)NC(CC(C)C)C(=O)NCC2(c3cccc(F)c3)CCOCC2)cc1. The van der Waals surface area contributed by atoms with Crippen LogP contribution >= 0.6 is 0 Å². The smallest absolute Gasteiger partial charge is 0.241 e. The first-order chi connectivity index (χ1) is 15.6. The minimum Gasteiger partial charge on any atom is -0.381 e. The summed E-state index contributed by atoms with van der Waals surface area (Å²) in [6.45, 7) is 7.06. The average Bonchev–Trinajstić information content (AvgIpc) is 2.77. The highest BCUT2D eigenvalue weighted by atomic mass is 32.2. The van der Waals surface area contributed by atoms with E-state index in [1.54, 1.807) is 18.2 Å². The molecule has 1 aliphatic rings. The molecule has 2 N–H and O–H groups in total. The number of aryl methyl sites for hydroxylation is 1. The van der Waals surface area contributed by atoms with Crippen molar-refractivity contribution < 1.29 is 22.3 Å². The van der Waals surface area contributed by atoms with Crippen molar-refractivity contribution in [3.8, 4) is 0 Å². The summed E-state index contributed by atoms with van der Waals surface area (Å²) in [5.41, 5.74) is 1.30. The van der Waals surface area contributed by atoms with Crippen molar-refractivity contribution in [3.05, 3.63) is 65.5 Å². The summed E-state index contributed by atoms with van der Waals surface area (Å²) in [6.07, 6.45) is 1.63. The first-order valence-corrected chi connectivity index (χ1v) is 12.8. The Morgan fingerprint density at radius 3 is 2.39 bits per heavy atom. The van der Waals surface area contributed by atoms with Gasteiger partial charge in [0.05, 0.1) is 4.90 Å². The van der Waals surface area contributed by atoms with Gasteiger partial charge in [-0.1, -0.05) is 43.7 Å². The van der Waals surface area contributed by atoms with E-state index < -0.39 is 21.5 Å². The maximum absolute atomic E-state index is 13.9. The summed E-state index contributed by atoms with van der Waals surface area (Å²) in [6, 6.07) is 12.0. The van der Waals surface area contributed by atoms with Crippen LogP contribution in [-0.4, -0.2) is 40.1 Å². The van der Waals surface area contributed by atoms with Crippen molar-refractivity contribution in [2.45, 2.75) is 56.4 Å². The molecule has 1 atom stereocenters. The largest absolute Gasteiger partial charge is 0.381 e. The topological polar surface area (TPSA) is 84.5 Å². The van der Waals surface area contributed by atoms with Gasteiger partial charge < -0.3 is 10.1 Å². The predicted molar refractivity (Wildman–Crippen MR) is 126 cm³/mol. The molecule has 33 heavy (non-hydrogen) atoms. The van der Waals surface area contributed by atoms with E-state index in [1.807, 2.05) is 26.8 Å². The second-order valence-electron chi connectivity index (χ2n) is 9.24. The first kappa shape index (κ1) is 25.3. The molecule has 1 fully saturated rings. The van der Waals surface area contributed by atoms with E-state index in [9.17, 15) is 17.6 Å². The molecular formula is C25H33FN2O4S. The van der Waals surface area contributed by atoms with Crippen LogP contribution in [0.5, 0.6) is 0 Å². The third-order valence-electron chi connectivity index (χ3n) is 6.14. The van der Waals surface area contributed by atoms with Gasteiger partial charge in [0, 0.05) is 25.2 Å². The minimum atomic E-state index is -3.86. The first-order valence-electron chi connectivity index (χ1n) is 11.3. The number of sulfonamides is 1. The van der Waals surface area contributed by atoms with Crippen molar-refractivity contribution in [2.75, 3.05) is 19.8 Å². The van der Waals surface area contributed by atoms with Gasteiger partial charge in [-0.25, -0.2) is 12.8 Å². The molecule has 1 amide bonds. The number of amides is 1. The van der Waals surface area contributed by atoms with E-state index in [4.69, 9.17) is 4.74 Å². The molecule has 0 saturated carbocycles. The lowest BCUT2D eigenvalue weighted by atomic mass is 9.74. The Balaban J connectivity index is 1.78. The van der Waals surface area contributed by atoms with Gasteiger partial charge in [0.15, 0.2) is 0 Å². The Morgan fingerprint density at radius 2 is 1.79 bits per heavy atom. The number of carbonyl (C=O) groups excluding carboxylic acids is 1. The van der Waals surface area contributed by atoms with Crippen LogP contribution in [0, 0.1) is 18.7 Å². The molecule has 2 aromatic rings. The number of nitrogens with one attached hydrogen (secondary N) is 2. The van der Waals surface area contributed by atoms with Gasteiger partial charge in [-0.05, 0) is 61.9 Å². The maximum atomic E-state index is 13.9. The van der Waals surface area contributed by atoms with Crippen LogP contribution in [0.3, 0.4) is 0 Å². The van der Waals surface area contributed by atoms with Crippen molar-refractivity contribution in [1.82, 2.24) is 10.0 Å². The van der Waals surface area contributed by atoms with Crippen LogP contribution < -0.4 is 10.0 Å². The van der Waals surface area contributed by atoms with E-state index in [-0.39, 0.29) is 29.1 Å². The van der Waals surface area contributed by atoms with Crippen LogP contribution in [0.25, 0.3) is 0 Å². The quantitative estimate of drug-likeness (QED) is 0.578. The molecule has 0 aromatic heterocycles. The number of halogens is 1. The Morgan fingerprint density at radius 1 is 1.12 bits per heavy atom. The fourth-order valence-electron chi connectivity index (χ4n) is 4.18. The normalized spacial score (nSPS) is 17.0. The lowest BCUT2D eigenvalue weighted by Crippen LogP contribution is -2.51. The zero-order chi connectivity index (χ0) is 24.1. The van der Waals surface area contributed by atoms with E-state index >= 15 is 0 Å². The predicted octanol–water partition coefficient (Wildman–Crippen LogP) is 3.69. The molecule has 1 heterocycles. The standard InChI is InChI=1S/C25H33FN2O4S/c1-18(2)15-23(28-33(30,31)22-9-7-19(3)8-10-22)24(29)27-17-25(11-13-32-14-12-25)20-5-4-6-21(26)16-20/h4-10,16,18,23,28H,11-15,17H2,1-3H3,(H,27,29). The van der Waals surface area contributed by atoms with Crippen molar-refractivity contribution in [1.29, 1.82) is 0 Å². The summed E-state index contributed by atoms with van der Waals surface area (Å²) in [4.78, 5) is 13.3. The molecule has 0 radical (unpaired) electrons. The lowest BCUT2D eigenvalue weighted by Gasteiger charge is -2.38. The third-order valence-corrected chi connectivity index (χ3v) is 7.63. The number of hydrogen-bond donors (Lipinski definition) is 2. The van der Waals surface area contributed by atoms with E-state index in [0.717, 1.165) is 11.1 Å². The molecule has 0 bridgehead atoms. The Bertz CT molecular complexity index is 1050. The Kier molecular flexibility index (Phi) is 8.26. The summed E-state index contributed by atoms with van der Waals surface area (Å²) in [5, 5.41) is 2.96. The van der Waals surface area contributed by atoms with Crippen LogP contribution in [0.2, 0.25) is 0 Å². The molecule has 2 aromatic carbocycles. The zero-order valence-electron chi connectivity index (χ0n) is 19.4. The zero-order valence-corrected chi connectivity index (χ0v) is 20.3. The molecule has 6 nitrogen and oxygen atoms in total. The van der Waals surface area contributed by atoms with Gasteiger partial charge in [0.1, 0.15) is 11.9 Å². The van der Waals surface area contributed by atoms with Gasteiger partial charge in [-0.3, -0.25) is 4.79 Å². The van der Waals surface area contributed by atoms with E-state index in [2.05, 4.69) is 10.0 Å². The maximum Gasteiger partial charge on any atom is 0.241 e. The van der Waals surface area contributed by atoms with Crippen LogP contribution in [0.1, 0.15) is 44.2 Å². The van der Waals surface area contributed by atoms with Crippen molar-refractivity contribution in [3.63, 3.8) is 0 Å². The van der Waals surface area contributed by atoms with Gasteiger partial charge in [0.2, 0.25) is 15.9 Å². The molecule has 1 saturated heterocycles. The fourth-order valence-corrected chi connectivity index (χ4v) is 5.39. The molecule has 1 unspecified atom stereocenters. The number of rotatable bonds is 9. The van der Waals surface area contributed by atoms with E-state index in [1.165, 1.54) is 24.3 Å². The average molecular weight is 477 g/mol. The van der Waals surface area contributed by atoms with Gasteiger partial charge in [0.25, 0.3) is 0 Å². The number of ether oxygens (including phenoxy) is 1. The van der Waals surface area contributed by atoms with Gasteiger partial charge >= 0.3 is 0 Å². The minimum absolute atomic E-state index is 0.0988. The molecule has 0 aliphatic carbocycles. The Labute approximate surface area is 196 Å². The number of carbonyl (C=O) groups is 1. The highest BCUT2D eigenvalue weighted by molar-refractivity contribution is 7.89. The molecular weight excluding hydrogens is 443 g/mol. The number of hydrogen-bond acceptors (Lipinski definition) is 4. The molecule has 1 aliphatic heterocycles. The summed E-state index contributed by atoms with van der Waals surface area (Å²) in [5.74, 6) is -0.614. The van der Waals surface area contributed by atoms with Crippen LogP contribution in [0.15, 0.2) is 53.4 Å². The van der Waals surface area contributed by atoms with Gasteiger partial charge in [-0.15, -0.1) is 0 Å². The van der Waals surface area contributed by atoms with Crippen LogP contribution in [-0.2, 0) is 25.0 Å². The molecule has 3 rings (SSSR count).